The molecular weight excluding hydrogens is 240 g/mol. The summed E-state index contributed by atoms with van der Waals surface area (Å²) in [4.78, 5) is 4.33. The molecule has 14 heavy (non-hydrogen) atoms. The van der Waals surface area contributed by atoms with Crippen molar-refractivity contribution in [2.24, 2.45) is 5.92 Å². The zero-order valence-corrected chi connectivity index (χ0v) is 10.6. The molecule has 0 aromatic carbocycles. The molecule has 1 rings (SSSR count). The Kier molecular flexibility index (Phi) is 5.23. The summed E-state index contributed by atoms with van der Waals surface area (Å²) in [5.41, 5.74) is 0. The van der Waals surface area contributed by atoms with Crippen LogP contribution in [0.2, 0.25) is 0 Å². The number of alkyl halides is 1. The molecule has 0 aliphatic heterocycles. The van der Waals surface area contributed by atoms with Crippen LogP contribution >= 0.6 is 15.9 Å². The van der Waals surface area contributed by atoms with E-state index in [2.05, 4.69) is 45.5 Å². The molecule has 0 spiro atoms. The topological polar surface area (TPSA) is 17.8 Å². The van der Waals surface area contributed by atoms with Gasteiger partial charge in [-0.15, -0.1) is 0 Å². The fourth-order valence-corrected chi connectivity index (χ4v) is 2.25. The van der Waals surface area contributed by atoms with Gasteiger partial charge in [0.25, 0.3) is 0 Å². The second kappa shape index (κ2) is 6.23. The Hall–Kier alpha value is -0.310. The minimum atomic E-state index is 0.736. The van der Waals surface area contributed by atoms with Crippen molar-refractivity contribution in [3.05, 3.63) is 18.2 Å². The van der Waals surface area contributed by atoms with Gasteiger partial charge >= 0.3 is 0 Å². The Labute approximate surface area is 94.9 Å². The largest absolute Gasteiger partial charge is 0.335 e. The molecule has 1 aromatic rings. The molecule has 80 valence electrons. The number of aryl methyl sites for hydroxylation is 1. The molecule has 0 bridgehead atoms. The molecule has 0 aliphatic rings. The number of aromatic nitrogens is 2. The highest BCUT2D eigenvalue weighted by atomic mass is 79.9. The third-order valence-corrected chi connectivity index (χ3v) is 3.40. The SMILES string of the molecule is CCCC(CBr)Cn1ccnc1CC. The number of nitrogens with zero attached hydrogens (tertiary/aromatic N) is 2. The molecule has 1 unspecified atom stereocenters. The summed E-state index contributed by atoms with van der Waals surface area (Å²) in [6.07, 6.45) is 7.55. The maximum Gasteiger partial charge on any atom is 0.108 e. The van der Waals surface area contributed by atoms with Gasteiger partial charge in [-0.05, 0) is 12.3 Å². The third kappa shape index (κ3) is 3.12. The molecule has 0 amide bonds. The molecule has 0 aliphatic carbocycles. The van der Waals surface area contributed by atoms with Crippen LogP contribution in [-0.4, -0.2) is 14.9 Å². The first kappa shape index (κ1) is 11.8. The molecule has 1 heterocycles. The molecule has 1 atom stereocenters. The van der Waals surface area contributed by atoms with Crippen LogP contribution in [0.15, 0.2) is 12.4 Å². The van der Waals surface area contributed by atoms with Crippen LogP contribution in [0.4, 0.5) is 0 Å². The Morgan fingerprint density at radius 1 is 1.50 bits per heavy atom. The van der Waals surface area contributed by atoms with Crippen LogP contribution in [0.5, 0.6) is 0 Å². The highest BCUT2D eigenvalue weighted by Gasteiger charge is 2.08. The quantitative estimate of drug-likeness (QED) is 0.717. The van der Waals surface area contributed by atoms with Crippen molar-refractivity contribution in [2.75, 3.05) is 5.33 Å². The van der Waals surface area contributed by atoms with Gasteiger partial charge in [0.2, 0.25) is 0 Å². The van der Waals surface area contributed by atoms with E-state index in [1.165, 1.54) is 18.7 Å². The first-order valence-electron chi connectivity index (χ1n) is 5.37. The van der Waals surface area contributed by atoms with Crippen LogP contribution in [0.3, 0.4) is 0 Å². The average molecular weight is 259 g/mol. The lowest BCUT2D eigenvalue weighted by Gasteiger charge is -2.15. The number of hydrogen-bond acceptors (Lipinski definition) is 1. The van der Waals surface area contributed by atoms with E-state index < -0.39 is 0 Å². The van der Waals surface area contributed by atoms with E-state index in [-0.39, 0.29) is 0 Å². The van der Waals surface area contributed by atoms with Gasteiger partial charge in [0.15, 0.2) is 0 Å². The lowest BCUT2D eigenvalue weighted by molar-refractivity contribution is 0.446. The van der Waals surface area contributed by atoms with E-state index in [0.29, 0.717) is 0 Å². The van der Waals surface area contributed by atoms with E-state index >= 15 is 0 Å². The zero-order chi connectivity index (χ0) is 10.4. The fourth-order valence-electron chi connectivity index (χ4n) is 1.72. The smallest absolute Gasteiger partial charge is 0.108 e. The highest BCUT2D eigenvalue weighted by molar-refractivity contribution is 9.09. The third-order valence-electron chi connectivity index (χ3n) is 2.49. The summed E-state index contributed by atoms with van der Waals surface area (Å²) in [5.74, 6) is 1.94. The van der Waals surface area contributed by atoms with Crippen molar-refractivity contribution in [2.45, 2.75) is 39.7 Å². The van der Waals surface area contributed by atoms with Gasteiger partial charge in [0, 0.05) is 30.7 Å². The van der Waals surface area contributed by atoms with Crippen molar-refractivity contribution in [1.29, 1.82) is 0 Å². The van der Waals surface area contributed by atoms with Crippen LogP contribution in [0.25, 0.3) is 0 Å². The summed E-state index contributed by atoms with van der Waals surface area (Å²) in [7, 11) is 0. The van der Waals surface area contributed by atoms with Crippen LogP contribution < -0.4 is 0 Å². The lowest BCUT2D eigenvalue weighted by Crippen LogP contribution is -2.13. The van der Waals surface area contributed by atoms with Crippen molar-refractivity contribution < 1.29 is 0 Å². The molecule has 0 fully saturated rings. The van der Waals surface area contributed by atoms with E-state index in [9.17, 15) is 0 Å². The minimum absolute atomic E-state index is 0.736. The van der Waals surface area contributed by atoms with E-state index in [1.807, 2.05) is 6.20 Å². The van der Waals surface area contributed by atoms with Crippen molar-refractivity contribution in [1.82, 2.24) is 9.55 Å². The zero-order valence-electron chi connectivity index (χ0n) is 9.04. The Bertz CT molecular complexity index is 258. The molecule has 0 saturated heterocycles. The number of rotatable bonds is 6. The highest BCUT2D eigenvalue weighted by Crippen LogP contribution is 2.13. The molecule has 0 radical (unpaired) electrons. The number of halogens is 1. The molecule has 0 saturated carbocycles. The van der Waals surface area contributed by atoms with Gasteiger partial charge in [0.05, 0.1) is 0 Å². The van der Waals surface area contributed by atoms with Crippen LogP contribution in [-0.2, 0) is 13.0 Å². The second-order valence-electron chi connectivity index (χ2n) is 3.66. The summed E-state index contributed by atoms with van der Waals surface area (Å²) in [6.45, 7) is 5.49. The minimum Gasteiger partial charge on any atom is -0.335 e. The average Bonchev–Trinajstić information content (AvgIpc) is 2.64. The van der Waals surface area contributed by atoms with Gasteiger partial charge in [-0.3, -0.25) is 0 Å². The lowest BCUT2D eigenvalue weighted by atomic mass is 10.1. The van der Waals surface area contributed by atoms with Crippen LogP contribution in [0.1, 0.15) is 32.5 Å². The van der Waals surface area contributed by atoms with E-state index in [1.54, 1.807) is 0 Å². The molecule has 1 aromatic heterocycles. The van der Waals surface area contributed by atoms with Gasteiger partial charge < -0.3 is 4.57 Å². The molecule has 2 nitrogen and oxygen atoms in total. The number of imidazole rings is 1. The predicted octanol–water partition coefficient (Wildman–Crippen LogP) is 3.26. The normalized spacial score (nSPS) is 13.1. The van der Waals surface area contributed by atoms with Crippen molar-refractivity contribution in [3.63, 3.8) is 0 Å². The Morgan fingerprint density at radius 2 is 2.29 bits per heavy atom. The van der Waals surface area contributed by atoms with E-state index in [4.69, 9.17) is 0 Å². The van der Waals surface area contributed by atoms with Crippen LogP contribution in [0, 0.1) is 5.92 Å². The first-order valence-corrected chi connectivity index (χ1v) is 6.49. The molecule has 3 heteroatoms. The summed E-state index contributed by atoms with van der Waals surface area (Å²) in [6, 6.07) is 0. The standard InChI is InChI=1S/C11H19BrN2/c1-3-5-10(8-12)9-14-7-6-13-11(14)4-2/h6-7,10H,3-5,8-9H2,1-2H3. The van der Waals surface area contributed by atoms with Gasteiger partial charge in [-0.2, -0.15) is 0 Å². The first-order chi connectivity index (χ1) is 6.81. The maximum atomic E-state index is 4.33. The Balaban J connectivity index is 2.56. The maximum absolute atomic E-state index is 4.33. The summed E-state index contributed by atoms with van der Waals surface area (Å²) < 4.78 is 2.28. The van der Waals surface area contributed by atoms with E-state index in [0.717, 1.165) is 24.2 Å². The second-order valence-corrected chi connectivity index (χ2v) is 4.31. The van der Waals surface area contributed by atoms with Gasteiger partial charge in [-0.25, -0.2) is 4.98 Å². The number of hydrogen-bond donors (Lipinski definition) is 0. The predicted molar refractivity (Wildman–Crippen MR) is 63.8 cm³/mol. The van der Waals surface area contributed by atoms with Gasteiger partial charge in [0.1, 0.15) is 5.82 Å². The van der Waals surface area contributed by atoms with Gasteiger partial charge in [-0.1, -0.05) is 36.2 Å². The Morgan fingerprint density at radius 3 is 2.86 bits per heavy atom. The summed E-state index contributed by atoms with van der Waals surface area (Å²) >= 11 is 3.58. The van der Waals surface area contributed by atoms with Crippen molar-refractivity contribution in [3.8, 4) is 0 Å². The molecule has 0 N–H and O–H groups in total. The van der Waals surface area contributed by atoms with Crippen molar-refractivity contribution >= 4 is 15.9 Å². The molecular formula is C11H19BrN2. The summed E-state index contributed by atoms with van der Waals surface area (Å²) in [5, 5.41) is 1.09. The fraction of sp³-hybridized carbons (Fsp3) is 0.727. The monoisotopic (exact) mass is 258 g/mol.